The van der Waals surface area contributed by atoms with Gasteiger partial charge in [-0.1, -0.05) is 6.42 Å². The molecule has 4 aliphatic rings. The van der Waals surface area contributed by atoms with Crippen molar-refractivity contribution < 1.29 is 27.2 Å². The van der Waals surface area contributed by atoms with Crippen LogP contribution in [0, 0.1) is 11.7 Å². The zero-order chi connectivity index (χ0) is 23.3. The van der Waals surface area contributed by atoms with E-state index in [1.54, 1.807) is 4.31 Å². The second-order valence-electron chi connectivity index (χ2n) is 9.67. The van der Waals surface area contributed by atoms with E-state index in [9.17, 15) is 27.2 Å². The summed E-state index contributed by atoms with van der Waals surface area (Å²) in [7, 11) is -3.29. The van der Waals surface area contributed by atoms with Crippen molar-refractivity contribution in [2.45, 2.75) is 63.5 Å². The van der Waals surface area contributed by atoms with Crippen LogP contribution in [-0.4, -0.2) is 60.2 Å². The number of halogens is 1. The summed E-state index contributed by atoms with van der Waals surface area (Å²) in [5, 5.41) is 2.28. The molecule has 178 valence electrons. The van der Waals surface area contributed by atoms with Gasteiger partial charge in [-0.05, 0) is 67.2 Å². The minimum atomic E-state index is -3.29. The second-order valence-corrected chi connectivity index (χ2v) is 11.7. The number of hydrogen-bond donors (Lipinski definition) is 1. The summed E-state index contributed by atoms with van der Waals surface area (Å²) in [4.78, 5) is 38.3. The first-order valence-corrected chi connectivity index (χ1v) is 13.3. The van der Waals surface area contributed by atoms with Crippen LogP contribution in [0.5, 0.6) is 0 Å². The van der Waals surface area contributed by atoms with Crippen LogP contribution < -0.4 is 5.32 Å². The smallest absolute Gasteiger partial charge is 0.255 e. The lowest BCUT2D eigenvalue weighted by Gasteiger charge is -2.34. The van der Waals surface area contributed by atoms with E-state index >= 15 is 0 Å². The standard InChI is InChI=1S/C23H28FN3O5S/c24-16-10-17(15-6-8-26(9-7-15)33(31,32)13-14-2-1-3-14)19-12-27(23(30)18(19)11-16)20-4-5-21(28)25-22(20)29/h10-11,14-15,20H,1-9,12-13H2,(H,25,28,29). The van der Waals surface area contributed by atoms with Gasteiger partial charge in [-0.3, -0.25) is 19.7 Å². The first-order valence-electron chi connectivity index (χ1n) is 11.7. The molecule has 0 aromatic heterocycles. The molecule has 0 radical (unpaired) electrons. The summed E-state index contributed by atoms with van der Waals surface area (Å²) < 4.78 is 41.5. The lowest BCUT2D eigenvalue weighted by atomic mass is 9.86. The highest BCUT2D eigenvalue weighted by Gasteiger charge is 2.41. The van der Waals surface area contributed by atoms with Crippen LogP contribution in [0.15, 0.2) is 12.1 Å². The molecular formula is C23H28FN3O5S. The quantitative estimate of drug-likeness (QED) is 0.653. The Morgan fingerprint density at radius 1 is 1.03 bits per heavy atom. The maximum atomic E-state index is 14.5. The third-order valence-corrected chi connectivity index (χ3v) is 9.66. The van der Waals surface area contributed by atoms with E-state index in [4.69, 9.17) is 0 Å². The van der Waals surface area contributed by atoms with Crippen molar-refractivity contribution in [1.29, 1.82) is 0 Å². The maximum Gasteiger partial charge on any atom is 0.255 e. The van der Waals surface area contributed by atoms with Crippen LogP contribution in [0.3, 0.4) is 0 Å². The zero-order valence-electron chi connectivity index (χ0n) is 18.4. The number of nitrogens with one attached hydrogen (secondary N) is 1. The number of piperidine rings is 2. The predicted octanol–water partition coefficient (Wildman–Crippen LogP) is 1.90. The number of amides is 3. The Balaban J connectivity index is 1.32. The summed E-state index contributed by atoms with van der Waals surface area (Å²) in [6.07, 6.45) is 4.58. The summed E-state index contributed by atoms with van der Waals surface area (Å²) in [6, 6.07) is 1.91. The van der Waals surface area contributed by atoms with E-state index in [2.05, 4.69) is 5.32 Å². The molecule has 1 aromatic rings. The van der Waals surface area contributed by atoms with Crippen LogP contribution in [0.2, 0.25) is 0 Å². The van der Waals surface area contributed by atoms with Crippen LogP contribution in [0.25, 0.3) is 0 Å². The van der Waals surface area contributed by atoms with Crippen molar-refractivity contribution in [3.63, 3.8) is 0 Å². The minimum Gasteiger partial charge on any atom is -0.322 e. The van der Waals surface area contributed by atoms with Gasteiger partial charge in [-0.2, -0.15) is 0 Å². The Kier molecular flexibility index (Phi) is 5.76. The van der Waals surface area contributed by atoms with Crippen molar-refractivity contribution in [2.24, 2.45) is 5.92 Å². The van der Waals surface area contributed by atoms with E-state index < -0.39 is 33.7 Å². The van der Waals surface area contributed by atoms with Crippen molar-refractivity contribution in [2.75, 3.05) is 18.8 Å². The van der Waals surface area contributed by atoms with Gasteiger partial charge in [0.1, 0.15) is 11.9 Å². The zero-order valence-corrected chi connectivity index (χ0v) is 19.2. The normalized spacial score (nSPS) is 25.2. The van der Waals surface area contributed by atoms with Gasteiger partial charge in [0, 0.05) is 31.6 Å². The summed E-state index contributed by atoms with van der Waals surface area (Å²) >= 11 is 0. The van der Waals surface area contributed by atoms with Crippen LogP contribution in [0.4, 0.5) is 4.39 Å². The Hall–Kier alpha value is -2.33. The van der Waals surface area contributed by atoms with Crippen molar-refractivity contribution >= 4 is 27.7 Å². The largest absolute Gasteiger partial charge is 0.322 e. The fourth-order valence-electron chi connectivity index (χ4n) is 5.53. The van der Waals surface area contributed by atoms with Crippen LogP contribution in [0.1, 0.15) is 72.3 Å². The molecule has 3 amide bonds. The van der Waals surface area contributed by atoms with E-state index in [1.807, 2.05) is 0 Å². The van der Waals surface area contributed by atoms with Gasteiger partial charge in [-0.15, -0.1) is 0 Å². The van der Waals surface area contributed by atoms with Gasteiger partial charge in [0.05, 0.1) is 5.75 Å². The number of carbonyl (C=O) groups excluding carboxylic acids is 3. The number of imide groups is 1. The Labute approximate surface area is 192 Å². The number of carbonyl (C=O) groups is 3. The lowest BCUT2D eigenvalue weighted by Crippen LogP contribution is -2.52. The maximum absolute atomic E-state index is 14.5. The Bertz CT molecular complexity index is 1110. The predicted molar refractivity (Wildman–Crippen MR) is 117 cm³/mol. The molecule has 3 heterocycles. The van der Waals surface area contributed by atoms with Gasteiger partial charge in [-0.25, -0.2) is 17.1 Å². The van der Waals surface area contributed by atoms with Gasteiger partial charge in [0.25, 0.3) is 5.91 Å². The lowest BCUT2D eigenvalue weighted by molar-refractivity contribution is -0.136. The molecule has 5 rings (SSSR count). The molecule has 1 saturated carbocycles. The molecule has 2 saturated heterocycles. The Morgan fingerprint density at radius 2 is 1.76 bits per heavy atom. The van der Waals surface area contributed by atoms with Crippen molar-refractivity contribution in [3.05, 3.63) is 34.6 Å². The summed E-state index contributed by atoms with van der Waals surface area (Å²) in [6.45, 7) is 0.960. The number of benzene rings is 1. The molecular weight excluding hydrogens is 449 g/mol. The van der Waals surface area contributed by atoms with E-state index in [1.165, 1.54) is 17.0 Å². The highest BCUT2D eigenvalue weighted by molar-refractivity contribution is 7.89. The number of sulfonamides is 1. The molecule has 1 N–H and O–H groups in total. The fraction of sp³-hybridized carbons (Fsp3) is 0.609. The monoisotopic (exact) mass is 477 g/mol. The number of hydrogen-bond acceptors (Lipinski definition) is 5. The van der Waals surface area contributed by atoms with Crippen LogP contribution >= 0.6 is 0 Å². The molecule has 1 aliphatic carbocycles. The molecule has 10 heteroatoms. The summed E-state index contributed by atoms with van der Waals surface area (Å²) in [5.74, 6) is -1.35. The van der Waals surface area contributed by atoms with Gasteiger partial charge < -0.3 is 4.90 Å². The van der Waals surface area contributed by atoms with Crippen LogP contribution in [-0.2, 0) is 26.2 Å². The Morgan fingerprint density at radius 3 is 2.39 bits per heavy atom. The third-order valence-electron chi connectivity index (χ3n) is 7.61. The average Bonchev–Trinajstić information content (AvgIpc) is 3.07. The minimum absolute atomic E-state index is 0.0564. The molecule has 1 atom stereocenters. The number of nitrogens with zero attached hydrogens (tertiary/aromatic N) is 2. The number of rotatable bonds is 5. The van der Waals surface area contributed by atoms with Crippen molar-refractivity contribution in [3.8, 4) is 0 Å². The molecule has 1 unspecified atom stereocenters. The van der Waals surface area contributed by atoms with E-state index in [0.29, 0.717) is 31.5 Å². The highest BCUT2D eigenvalue weighted by atomic mass is 32.2. The molecule has 8 nitrogen and oxygen atoms in total. The first-order chi connectivity index (χ1) is 15.7. The van der Waals surface area contributed by atoms with Gasteiger partial charge in [0.15, 0.2) is 0 Å². The fourth-order valence-corrected chi connectivity index (χ4v) is 7.43. The molecule has 3 fully saturated rings. The van der Waals surface area contributed by atoms with E-state index in [0.717, 1.165) is 24.8 Å². The first kappa shape index (κ1) is 22.5. The number of fused-ring (bicyclic) bond motifs is 1. The average molecular weight is 478 g/mol. The second kappa shape index (κ2) is 8.47. The molecule has 1 aromatic carbocycles. The van der Waals surface area contributed by atoms with Crippen molar-refractivity contribution in [1.82, 2.24) is 14.5 Å². The van der Waals surface area contributed by atoms with Gasteiger partial charge in [0.2, 0.25) is 21.8 Å². The SMILES string of the molecule is O=C1CCC(N2Cc3c(cc(F)cc3C3CCN(S(=O)(=O)CC4CCC4)CC3)C2=O)C(=O)N1. The molecule has 0 spiro atoms. The molecule has 0 bridgehead atoms. The third kappa shape index (κ3) is 4.19. The summed E-state index contributed by atoms with van der Waals surface area (Å²) in [5.41, 5.74) is 1.70. The molecule has 3 aliphatic heterocycles. The molecule has 33 heavy (non-hydrogen) atoms. The van der Waals surface area contributed by atoms with Gasteiger partial charge >= 0.3 is 0 Å². The topological polar surface area (TPSA) is 104 Å². The highest BCUT2D eigenvalue weighted by Crippen LogP contribution is 2.38. The van der Waals surface area contributed by atoms with E-state index in [-0.39, 0.29) is 48.4 Å².